The maximum Gasteiger partial charge on any atom is 0.319 e. The van der Waals surface area contributed by atoms with Gasteiger partial charge in [-0.1, -0.05) is 11.6 Å². The number of hydrogen-bond acceptors (Lipinski definition) is 3. The molecule has 0 heterocycles. The Morgan fingerprint density at radius 3 is 2.50 bits per heavy atom. The number of halogens is 1. The van der Waals surface area contributed by atoms with Crippen molar-refractivity contribution < 1.29 is 19.4 Å². The summed E-state index contributed by atoms with van der Waals surface area (Å²) in [4.78, 5) is 22.8. The average molecular weight is 298 g/mol. The molecule has 0 saturated heterocycles. The second-order valence-electron chi connectivity index (χ2n) is 4.98. The first-order valence-electron chi connectivity index (χ1n) is 6.38. The number of hydrogen-bond donors (Lipinski definition) is 2. The van der Waals surface area contributed by atoms with Crippen LogP contribution in [0.2, 0.25) is 5.02 Å². The first-order chi connectivity index (χ1) is 9.44. The highest BCUT2D eigenvalue weighted by molar-refractivity contribution is 6.30. The quantitative estimate of drug-likeness (QED) is 0.788. The van der Waals surface area contributed by atoms with Crippen LogP contribution in [0.3, 0.4) is 0 Å². The van der Waals surface area contributed by atoms with E-state index in [1.807, 2.05) is 0 Å². The van der Waals surface area contributed by atoms with Crippen molar-refractivity contribution in [1.29, 1.82) is 0 Å². The van der Waals surface area contributed by atoms with Crippen LogP contribution < -0.4 is 10.1 Å². The van der Waals surface area contributed by atoms with Crippen molar-refractivity contribution in [3.05, 3.63) is 29.3 Å². The van der Waals surface area contributed by atoms with Crippen LogP contribution in [0.25, 0.3) is 0 Å². The Morgan fingerprint density at radius 2 is 2.00 bits per heavy atom. The Labute approximate surface area is 121 Å². The Bertz CT molecular complexity index is 510. The minimum atomic E-state index is -1.21. The van der Waals surface area contributed by atoms with Gasteiger partial charge in [0.15, 0.2) is 0 Å². The molecular formula is C14H16ClNO4. The molecule has 1 aromatic rings. The van der Waals surface area contributed by atoms with Gasteiger partial charge in [-0.15, -0.1) is 0 Å². The summed E-state index contributed by atoms with van der Waals surface area (Å²) in [5.41, 5.74) is -1.21. The Morgan fingerprint density at radius 1 is 1.40 bits per heavy atom. The topological polar surface area (TPSA) is 75.6 Å². The van der Waals surface area contributed by atoms with E-state index in [4.69, 9.17) is 21.4 Å². The third-order valence-corrected chi connectivity index (χ3v) is 3.55. The van der Waals surface area contributed by atoms with Gasteiger partial charge in [-0.25, -0.2) is 0 Å². The number of carbonyl (C=O) groups is 2. The lowest BCUT2D eigenvalue weighted by atomic mass is 10.1. The van der Waals surface area contributed by atoms with Crippen molar-refractivity contribution in [2.24, 2.45) is 5.41 Å². The lowest BCUT2D eigenvalue weighted by Gasteiger charge is -2.17. The predicted molar refractivity (Wildman–Crippen MR) is 73.9 cm³/mol. The van der Waals surface area contributed by atoms with E-state index in [0.29, 0.717) is 23.6 Å². The van der Waals surface area contributed by atoms with Crippen molar-refractivity contribution in [3.63, 3.8) is 0 Å². The van der Waals surface area contributed by atoms with Gasteiger partial charge in [0.1, 0.15) is 17.3 Å². The van der Waals surface area contributed by atoms with Crippen molar-refractivity contribution in [2.75, 3.05) is 6.54 Å². The smallest absolute Gasteiger partial charge is 0.319 e. The van der Waals surface area contributed by atoms with Gasteiger partial charge in [-0.2, -0.15) is 0 Å². The molecule has 6 heteroatoms. The number of amides is 1. The van der Waals surface area contributed by atoms with Gasteiger partial charge in [-0.05, 0) is 44.0 Å². The molecule has 108 valence electrons. The molecule has 1 amide bonds. The molecule has 1 atom stereocenters. The van der Waals surface area contributed by atoms with Crippen LogP contribution in [0.1, 0.15) is 19.8 Å². The first kappa shape index (κ1) is 14.7. The number of aliphatic carboxylic acids is 1. The molecule has 1 fully saturated rings. The minimum absolute atomic E-state index is 0.260. The van der Waals surface area contributed by atoms with E-state index in [0.717, 1.165) is 0 Å². The van der Waals surface area contributed by atoms with E-state index in [9.17, 15) is 9.59 Å². The fourth-order valence-electron chi connectivity index (χ4n) is 1.86. The zero-order valence-corrected chi connectivity index (χ0v) is 11.8. The van der Waals surface area contributed by atoms with E-state index in [-0.39, 0.29) is 12.6 Å². The molecule has 2 N–H and O–H groups in total. The zero-order chi connectivity index (χ0) is 14.8. The van der Waals surface area contributed by atoms with E-state index >= 15 is 0 Å². The lowest BCUT2D eigenvalue weighted by molar-refractivity contribution is -0.149. The summed E-state index contributed by atoms with van der Waals surface area (Å²) >= 11 is 5.77. The second kappa shape index (κ2) is 5.71. The van der Waals surface area contributed by atoms with Gasteiger partial charge in [0.25, 0.3) is 0 Å². The molecule has 1 aliphatic carbocycles. The SMILES string of the molecule is CC(CNC(=O)C1(C(=O)O)CC1)Oc1ccc(Cl)cc1. The van der Waals surface area contributed by atoms with Crippen molar-refractivity contribution in [3.8, 4) is 5.75 Å². The van der Waals surface area contributed by atoms with Gasteiger partial charge in [0.05, 0.1) is 6.54 Å². The van der Waals surface area contributed by atoms with Crippen LogP contribution in [0.4, 0.5) is 0 Å². The van der Waals surface area contributed by atoms with E-state index in [2.05, 4.69) is 5.32 Å². The molecule has 1 aliphatic rings. The Hall–Kier alpha value is -1.75. The van der Waals surface area contributed by atoms with Gasteiger partial charge in [-0.3, -0.25) is 9.59 Å². The summed E-state index contributed by atoms with van der Waals surface area (Å²) in [7, 11) is 0. The summed E-state index contributed by atoms with van der Waals surface area (Å²) < 4.78 is 5.59. The summed E-state index contributed by atoms with van der Waals surface area (Å²) in [6.07, 6.45) is 0.547. The molecule has 2 rings (SSSR count). The molecule has 0 aliphatic heterocycles. The third kappa shape index (κ3) is 3.22. The van der Waals surface area contributed by atoms with Crippen molar-refractivity contribution >= 4 is 23.5 Å². The number of carboxylic acids is 1. The number of carbonyl (C=O) groups excluding carboxylic acids is 1. The molecule has 1 aromatic carbocycles. The molecule has 1 saturated carbocycles. The van der Waals surface area contributed by atoms with Crippen LogP contribution >= 0.6 is 11.6 Å². The van der Waals surface area contributed by atoms with Gasteiger partial charge in [0, 0.05) is 5.02 Å². The maximum atomic E-state index is 11.8. The number of carboxylic acid groups (broad SMARTS) is 1. The normalized spacial score (nSPS) is 17.1. The first-order valence-corrected chi connectivity index (χ1v) is 6.76. The molecule has 0 spiro atoms. The number of benzene rings is 1. The van der Waals surface area contributed by atoms with Crippen molar-refractivity contribution in [1.82, 2.24) is 5.32 Å². The number of nitrogens with one attached hydrogen (secondary N) is 1. The molecular weight excluding hydrogens is 282 g/mol. The van der Waals surface area contributed by atoms with Crippen molar-refractivity contribution in [2.45, 2.75) is 25.9 Å². The zero-order valence-electron chi connectivity index (χ0n) is 11.1. The summed E-state index contributed by atoms with van der Waals surface area (Å²) in [6, 6.07) is 6.90. The maximum absolute atomic E-state index is 11.8. The minimum Gasteiger partial charge on any atom is -0.489 e. The van der Waals surface area contributed by atoms with Crippen LogP contribution in [0, 0.1) is 5.41 Å². The lowest BCUT2D eigenvalue weighted by Crippen LogP contribution is -2.41. The summed E-state index contributed by atoms with van der Waals surface area (Å²) in [6.45, 7) is 2.06. The van der Waals surface area contributed by atoms with Crippen LogP contribution in [0.5, 0.6) is 5.75 Å². The van der Waals surface area contributed by atoms with E-state index < -0.39 is 17.3 Å². The van der Waals surface area contributed by atoms with Gasteiger partial charge < -0.3 is 15.2 Å². The second-order valence-corrected chi connectivity index (χ2v) is 5.42. The molecule has 1 unspecified atom stereocenters. The highest BCUT2D eigenvalue weighted by Crippen LogP contribution is 2.46. The van der Waals surface area contributed by atoms with Crippen LogP contribution in [-0.2, 0) is 9.59 Å². The summed E-state index contributed by atoms with van der Waals surface area (Å²) in [5.74, 6) is -0.839. The van der Waals surface area contributed by atoms with Crippen LogP contribution in [-0.4, -0.2) is 29.6 Å². The van der Waals surface area contributed by atoms with Crippen LogP contribution in [0.15, 0.2) is 24.3 Å². The molecule has 5 nitrogen and oxygen atoms in total. The molecule has 0 radical (unpaired) electrons. The third-order valence-electron chi connectivity index (χ3n) is 3.30. The largest absolute Gasteiger partial charge is 0.489 e. The highest BCUT2D eigenvalue weighted by atomic mass is 35.5. The number of rotatable bonds is 6. The van der Waals surface area contributed by atoms with Gasteiger partial charge >= 0.3 is 5.97 Å². The fourth-order valence-corrected chi connectivity index (χ4v) is 1.98. The molecule has 20 heavy (non-hydrogen) atoms. The molecule has 0 bridgehead atoms. The molecule has 0 aromatic heterocycles. The standard InChI is InChI=1S/C14H16ClNO4/c1-9(20-11-4-2-10(15)3-5-11)8-16-12(17)14(6-7-14)13(18)19/h2-5,9H,6-8H2,1H3,(H,16,17)(H,18,19). The Balaban J connectivity index is 1.81. The predicted octanol–water partition coefficient (Wildman–Crippen LogP) is 2.09. The van der Waals surface area contributed by atoms with E-state index in [1.54, 1.807) is 31.2 Å². The monoisotopic (exact) mass is 297 g/mol. The number of ether oxygens (including phenoxy) is 1. The van der Waals surface area contributed by atoms with Gasteiger partial charge in [0.2, 0.25) is 5.91 Å². The fraction of sp³-hybridized carbons (Fsp3) is 0.429. The van der Waals surface area contributed by atoms with E-state index in [1.165, 1.54) is 0 Å². The Kier molecular flexibility index (Phi) is 4.18. The highest BCUT2D eigenvalue weighted by Gasteiger charge is 2.56. The summed E-state index contributed by atoms with van der Waals surface area (Å²) in [5, 5.41) is 12.2. The average Bonchev–Trinajstić information content (AvgIpc) is 3.20.